The second kappa shape index (κ2) is 11.2. The van der Waals surface area contributed by atoms with Crippen LogP contribution in [-0.2, 0) is 19.1 Å². The van der Waals surface area contributed by atoms with Gasteiger partial charge in [-0.3, -0.25) is 19.3 Å². The van der Waals surface area contributed by atoms with Gasteiger partial charge in [0.2, 0.25) is 5.91 Å². The molecule has 10 heteroatoms. The number of ether oxygens (including phenoxy) is 3. The highest BCUT2D eigenvalue weighted by Gasteiger charge is 2.37. The number of hydrogen-bond acceptors (Lipinski definition) is 8. The number of amides is 3. The number of rotatable bonds is 8. The van der Waals surface area contributed by atoms with E-state index in [-0.39, 0.29) is 30.6 Å². The predicted molar refractivity (Wildman–Crippen MR) is 123 cm³/mol. The van der Waals surface area contributed by atoms with Gasteiger partial charge in [-0.15, -0.1) is 0 Å². The number of nitrogens with zero attached hydrogens (tertiary/aromatic N) is 2. The zero-order valence-corrected chi connectivity index (χ0v) is 19.8. The zero-order valence-electron chi connectivity index (χ0n) is 19.0. The highest BCUT2D eigenvalue weighted by molar-refractivity contribution is 8.18. The molecule has 0 N–H and O–H groups in total. The summed E-state index contributed by atoms with van der Waals surface area (Å²) in [4.78, 5) is 52.3. The third-order valence-corrected chi connectivity index (χ3v) is 6.35. The van der Waals surface area contributed by atoms with E-state index >= 15 is 0 Å². The number of piperidine rings is 1. The van der Waals surface area contributed by atoms with Crippen molar-refractivity contribution in [2.45, 2.75) is 26.7 Å². The van der Waals surface area contributed by atoms with Crippen LogP contribution in [0.1, 0.15) is 32.3 Å². The SMILES string of the molecule is CCOC(=O)COc1cc(/C=C2\SC(=O)N(CC(=O)N3CCC(C)CC3)C2=O)ccc1OC. The van der Waals surface area contributed by atoms with E-state index < -0.39 is 17.1 Å². The molecular formula is C23H28N2O7S. The molecule has 33 heavy (non-hydrogen) atoms. The van der Waals surface area contributed by atoms with E-state index in [4.69, 9.17) is 14.2 Å². The topological polar surface area (TPSA) is 102 Å². The smallest absolute Gasteiger partial charge is 0.344 e. The van der Waals surface area contributed by atoms with E-state index in [0.29, 0.717) is 36.1 Å². The minimum Gasteiger partial charge on any atom is -0.493 e. The maximum Gasteiger partial charge on any atom is 0.344 e. The van der Waals surface area contributed by atoms with Gasteiger partial charge in [0, 0.05) is 13.1 Å². The monoisotopic (exact) mass is 476 g/mol. The van der Waals surface area contributed by atoms with E-state index in [0.717, 1.165) is 29.5 Å². The summed E-state index contributed by atoms with van der Waals surface area (Å²) in [7, 11) is 1.47. The maximum atomic E-state index is 12.8. The number of methoxy groups -OCH3 is 1. The molecule has 0 radical (unpaired) electrons. The van der Waals surface area contributed by atoms with Crippen molar-refractivity contribution < 1.29 is 33.4 Å². The number of hydrogen-bond donors (Lipinski definition) is 0. The molecule has 9 nitrogen and oxygen atoms in total. The van der Waals surface area contributed by atoms with Crippen molar-refractivity contribution >= 4 is 40.9 Å². The van der Waals surface area contributed by atoms with E-state index in [1.807, 2.05) is 0 Å². The van der Waals surface area contributed by atoms with E-state index in [1.54, 1.807) is 36.1 Å². The van der Waals surface area contributed by atoms with Gasteiger partial charge in [-0.2, -0.15) is 0 Å². The fourth-order valence-electron chi connectivity index (χ4n) is 3.52. The summed E-state index contributed by atoms with van der Waals surface area (Å²) in [5.41, 5.74) is 0.580. The number of carbonyl (C=O) groups is 4. The lowest BCUT2D eigenvalue weighted by molar-refractivity contribution is -0.145. The van der Waals surface area contributed by atoms with E-state index in [1.165, 1.54) is 7.11 Å². The van der Waals surface area contributed by atoms with Crippen molar-refractivity contribution in [2.24, 2.45) is 5.92 Å². The van der Waals surface area contributed by atoms with Gasteiger partial charge in [-0.25, -0.2) is 4.79 Å². The highest BCUT2D eigenvalue weighted by Crippen LogP contribution is 2.34. The number of carbonyl (C=O) groups excluding carboxylic acids is 4. The van der Waals surface area contributed by atoms with Gasteiger partial charge in [0.1, 0.15) is 6.54 Å². The molecule has 0 atom stereocenters. The summed E-state index contributed by atoms with van der Waals surface area (Å²) >= 11 is 0.788. The molecule has 2 aliphatic rings. The summed E-state index contributed by atoms with van der Waals surface area (Å²) in [6, 6.07) is 4.94. The standard InChI is InChI=1S/C23H28N2O7S/c1-4-31-21(27)14-32-18-11-16(5-6-17(18)30-3)12-19-22(28)25(23(29)33-19)13-20(26)24-9-7-15(2)8-10-24/h5-6,11-12,15H,4,7-10,13-14H2,1-3H3/b19-12-. The van der Waals surface area contributed by atoms with Gasteiger partial charge in [0.15, 0.2) is 18.1 Å². The van der Waals surface area contributed by atoms with Gasteiger partial charge in [0.05, 0.1) is 18.6 Å². The predicted octanol–water partition coefficient (Wildman–Crippen LogP) is 2.93. The first-order valence-electron chi connectivity index (χ1n) is 10.8. The third-order valence-electron chi connectivity index (χ3n) is 5.44. The molecule has 0 aliphatic carbocycles. The van der Waals surface area contributed by atoms with Crippen molar-refractivity contribution in [2.75, 3.05) is 40.0 Å². The zero-order chi connectivity index (χ0) is 24.0. The van der Waals surface area contributed by atoms with Crippen molar-refractivity contribution in [3.05, 3.63) is 28.7 Å². The largest absolute Gasteiger partial charge is 0.493 e. The number of likely N-dealkylation sites (tertiary alicyclic amines) is 1. The van der Waals surface area contributed by atoms with Crippen LogP contribution in [0.5, 0.6) is 11.5 Å². The summed E-state index contributed by atoms with van der Waals surface area (Å²) in [5.74, 6) is 0.0425. The molecule has 2 fully saturated rings. The van der Waals surface area contributed by atoms with Gasteiger partial charge in [-0.05, 0) is 61.2 Å². The van der Waals surface area contributed by atoms with Gasteiger partial charge < -0.3 is 19.1 Å². The number of imide groups is 1. The van der Waals surface area contributed by atoms with E-state index in [9.17, 15) is 19.2 Å². The van der Waals surface area contributed by atoms with Crippen LogP contribution in [0.4, 0.5) is 4.79 Å². The quantitative estimate of drug-likeness (QED) is 0.417. The Hall–Kier alpha value is -3.01. The van der Waals surface area contributed by atoms with Crippen LogP contribution in [-0.4, -0.2) is 72.8 Å². The second-order valence-electron chi connectivity index (χ2n) is 7.84. The van der Waals surface area contributed by atoms with Crippen molar-refractivity contribution in [1.29, 1.82) is 0 Å². The van der Waals surface area contributed by atoms with Gasteiger partial charge in [0.25, 0.3) is 11.1 Å². The Kier molecular flexibility index (Phi) is 8.37. The van der Waals surface area contributed by atoms with Crippen molar-refractivity contribution in [3.8, 4) is 11.5 Å². The molecule has 1 aromatic carbocycles. The van der Waals surface area contributed by atoms with Crippen LogP contribution in [0.15, 0.2) is 23.1 Å². The Balaban J connectivity index is 1.69. The summed E-state index contributed by atoms with van der Waals surface area (Å²) < 4.78 is 15.6. The van der Waals surface area contributed by atoms with Crippen LogP contribution in [0, 0.1) is 5.92 Å². The maximum absolute atomic E-state index is 12.8. The molecule has 2 heterocycles. The average molecular weight is 477 g/mol. The lowest BCUT2D eigenvalue weighted by Gasteiger charge is -2.31. The molecule has 0 spiro atoms. The molecule has 0 unspecified atom stereocenters. The highest BCUT2D eigenvalue weighted by atomic mass is 32.2. The van der Waals surface area contributed by atoms with Crippen LogP contribution in [0.3, 0.4) is 0 Å². The van der Waals surface area contributed by atoms with E-state index in [2.05, 4.69) is 6.92 Å². The fraction of sp³-hybridized carbons (Fsp3) is 0.478. The summed E-state index contributed by atoms with van der Waals surface area (Å²) in [6.07, 6.45) is 3.39. The normalized spacial score (nSPS) is 18.1. The molecule has 2 aliphatic heterocycles. The van der Waals surface area contributed by atoms with Crippen LogP contribution < -0.4 is 9.47 Å². The summed E-state index contributed by atoms with van der Waals surface area (Å²) in [5, 5.41) is -0.475. The molecule has 2 saturated heterocycles. The minimum atomic E-state index is -0.515. The average Bonchev–Trinajstić information content (AvgIpc) is 3.05. The Morgan fingerprint density at radius 2 is 1.91 bits per heavy atom. The number of benzene rings is 1. The van der Waals surface area contributed by atoms with Gasteiger partial charge >= 0.3 is 5.97 Å². The first-order chi connectivity index (χ1) is 15.8. The molecule has 0 aromatic heterocycles. The Morgan fingerprint density at radius 1 is 1.18 bits per heavy atom. The summed E-state index contributed by atoms with van der Waals surface area (Å²) in [6.45, 7) is 4.84. The fourth-order valence-corrected chi connectivity index (χ4v) is 4.35. The minimum absolute atomic E-state index is 0.210. The Labute approximate surface area is 197 Å². The number of esters is 1. The Bertz CT molecular complexity index is 954. The first-order valence-corrected chi connectivity index (χ1v) is 11.6. The molecule has 0 bridgehead atoms. The molecule has 0 saturated carbocycles. The second-order valence-corrected chi connectivity index (χ2v) is 8.83. The van der Waals surface area contributed by atoms with Crippen molar-refractivity contribution in [3.63, 3.8) is 0 Å². The van der Waals surface area contributed by atoms with Crippen LogP contribution in [0.25, 0.3) is 6.08 Å². The van der Waals surface area contributed by atoms with Gasteiger partial charge in [-0.1, -0.05) is 13.0 Å². The lowest BCUT2D eigenvalue weighted by Crippen LogP contribution is -2.45. The molecule has 3 rings (SSSR count). The Morgan fingerprint density at radius 3 is 2.58 bits per heavy atom. The number of thioether (sulfide) groups is 1. The third kappa shape index (κ3) is 6.28. The molecule has 178 valence electrons. The molecule has 3 amide bonds. The van der Waals surface area contributed by atoms with Crippen molar-refractivity contribution in [1.82, 2.24) is 9.80 Å². The lowest BCUT2D eigenvalue weighted by atomic mass is 9.99. The first kappa shape index (κ1) is 24.6. The van der Waals surface area contributed by atoms with Crippen LogP contribution in [0.2, 0.25) is 0 Å². The molecular weight excluding hydrogens is 448 g/mol. The molecule has 1 aromatic rings. The van der Waals surface area contributed by atoms with Crippen LogP contribution >= 0.6 is 11.8 Å².